The molecule has 2 heterocycles. The topological polar surface area (TPSA) is 79.7 Å². The van der Waals surface area contributed by atoms with Crippen LogP contribution >= 0.6 is 0 Å². The van der Waals surface area contributed by atoms with E-state index in [1.807, 2.05) is 35.2 Å². The first-order chi connectivity index (χ1) is 19.5. The maximum Gasteiger partial charge on any atom is 0.337 e. The van der Waals surface area contributed by atoms with Gasteiger partial charge in [0.25, 0.3) is 5.91 Å². The maximum atomic E-state index is 13.6. The molecule has 0 bridgehead atoms. The number of benzene rings is 2. The van der Waals surface area contributed by atoms with Crippen LogP contribution in [-0.4, -0.2) is 71.1 Å². The molecule has 40 heavy (non-hydrogen) atoms. The van der Waals surface area contributed by atoms with Crippen molar-refractivity contribution in [2.45, 2.75) is 71.9 Å². The Morgan fingerprint density at radius 1 is 0.925 bits per heavy atom. The lowest BCUT2D eigenvalue weighted by Crippen LogP contribution is -2.33. The zero-order valence-corrected chi connectivity index (χ0v) is 24.5. The van der Waals surface area contributed by atoms with E-state index in [0.717, 1.165) is 86.4 Å². The number of imidazole rings is 1. The van der Waals surface area contributed by atoms with Crippen LogP contribution in [-0.2, 0) is 17.8 Å². The van der Waals surface area contributed by atoms with Gasteiger partial charge in [-0.15, -0.1) is 0 Å². The van der Waals surface area contributed by atoms with Gasteiger partial charge in [-0.1, -0.05) is 38.8 Å². The van der Waals surface area contributed by atoms with Crippen LogP contribution in [0.1, 0.15) is 85.1 Å². The average molecular weight is 548 g/mol. The maximum absolute atomic E-state index is 13.6. The third-order valence-corrected chi connectivity index (χ3v) is 7.73. The lowest BCUT2D eigenvalue weighted by Gasteiger charge is -2.22. The highest BCUT2D eigenvalue weighted by atomic mass is 16.5. The summed E-state index contributed by atoms with van der Waals surface area (Å²) in [5.41, 5.74) is 4.17. The second-order valence-electron chi connectivity index (χ2n) is 10.7. The number of hydrogen-bond acceptors (Lipinski definition) is 6. The minimum atomic E-state index is -0.340. The van der Waals surface area contributed by atoms with Crippen LogP contribution in [0.4, 0.5) is 5.95 Å². The zero-order chi connectivity index (χ0) is 28.3. The van der Waals surface area contributed by atoms with Crippen molar-refractivity contribution in [2.75, 3.05) is 45.2 Å². The van der Waals surface area contributed by atoms with E-state index in [1.165, 1.54) is 33.0 Å². The number of ether oxygens (including phenoxy) is 1. The number of carbonyl (C=O) groups excluding carboxylic acids is 2. The summed E-state index contributed by atoms with van der Waals surface area (Å²) in [5.74, 6) is 0.563. The molecule has 1 saturated heterocycles. The molecule has 0 atom stereocenters. The molecule has 8 heteroatoms. The molecular weight excluding hydrogens is 502 g/mol. The van der Waals surface area contributed by atoms with Crippen molar-refractivity contribution in [2.24, 2.45) is 0 Å². The Hall–Kier alpha value is -3.39. The number of nitrogens with zero attached hydrogens (tertiary/aromatic N) is 4. The third kappa shape index (κ3) is 7.62. The molecule has 0 unspecified atom stereocenters. The Labute approximate surface area is 238 Å². The first-order valence-electron chi connectivity index (χ1n) is 15.0. The van der Waals surface area contributed by atoms with Crippen molar-refractivity contribution < 1.29 is 14.3 Å². The van der Waals surface area contributed by atoms with E-state index in [0.29, 0.717) is 12.1 Å². The largest absolute Gasteiger partial charge is 0.465 e. The second-order valence-corrected chi connectivity index (χ2v) is 10.7. The van der Waals surface area contributed by atoms with E-state index in [2.05, 4.69) is 28.6 Å². The number of amides is 1. The van der Waals surface area contributed by atoms with E-state index in [9.17, 15) is 9.59 Å². The Bertz CT molecular complexity index is 1240. The molecule has 1 amide bonds. The molecule has 1 aliphatic rings. The molecule has 4 rings (SSSR count). The smallest absolute Gasteiger partial charge is 0.337 e. The quantitative estimate of drug-likeness (QED) is 0.236. The van der Waals surface area contributed by atoms with Crippen LogP contribution in [0.2, 0.25) is 0 Å². The number of hydrogen-bond donors (Lipinski definition) is 1. The number of rotatable bonds is 15. The van der Waals surface area contributed by atoms with Crippen molar-refractivity contribution >= 4 is 28.9 Å². The Morgan fingerprint density at radius 2 is 1.60 bits per heavy atom. The molecule has 0 aliphatic carbocycles. The fourth-order valence-electron chi connectivity index (χ4n) is 5.33. The van der Waals surface area contributed by atoms with Crippen molar-refractivity contribution in [3.8, 4) is 0 Å². The number of aromatic nitrogens is 2. The molecule has 1 N–H and O–H groups in total. The molecule has 1 fully saturated rings. The van der Waals surface area contributed by atoms with Gasteiger partial charge in [-0.05, 0) is 87.6 Å². The zero-order valence-electron chi connectivity index (χ0n) is 24.5. The van der Waals surface area contributed by atoms with E-state index >= 15 is 0 Å². The highest BCUT2D eigenvalue weighted by molar-refractivity contribution is 5.97. The first kappa shape index (κ1) is 29.6. The summed E-state index contributed by atoms with van der Waals surface area (Å²) in [4.78, 5) is 34.8. The van der Waals surface area contributed by atoms with Gasteiger partial charge in [0.15, 0.2) is 0 Å². The van der Waals surface area contributed by atoms with Crippen LogP contribution in [0.15, 0.2) is 42.5 Å². The summed E-state index contributed by atoms with van der Waals surface area (Å²) in [6, 6.07) is 13.3. The van der Waals surface area contributed by atoms with Gasteiger partial charge in [0, 0.05) is 31.7 Å². The number of esters is 1. The lowest BCUT2D eigenvalue weighted by atomic mass is 10.1. The van der Waals surface area contributed by atoms with Crippen LogP contribution < -0.4 is 5.32 Å². The fourth-order valence-corrected chi connectivity index (χ4v) is 5.33. The monoisotopic (exact) mass is 547 g/mol. The predicted octanol–water partition coefficient (Wildman–Crippen LogP) is 5.96. The highest BCUT2D eigenvalue weighted by Gasteiger charge is 2.19. The van der Waals surface area contributed by atoms with E-state index in [-0.39, 0.29) is 11.9 Å². The van der Waals surface area contributed by atoms with Gasteiger partial charge in [0.2, 0.25) is 5.95 Å². The SMILES string of the molecule is CCCCN(CCCC)C(=O)c1ccc2nc(NCc3ccc(C(=O)OC)cc3)n(CCCN3CCCC3)c2c1. The number of nitrogens with one attached hydrogen (secondary N) is 1. The summed E-state index contributed by atoms with van der Waals surface area (Å²) in [6.07, 6.45) is 7.76. The molecule has 216 valence electrons. The van der Waals surface area contributed by atoms with Gasteiger partial charge in [0.1, 0.15) is 0 Å². The number of methoxy groups -OCH3 is 1. The highest BCUT2D eigenvalue weighted by Crippen LogP contribution is 2.24. The molecule has 1 aliphatic heterocycles. The normalized spacial score (nSPS) is 13.6. The molecule has 2 aromatic carbocycles. The number of anilines is 1. The molecule has 8 nitrogen and oxygen atoms in total. The van der Waals surface area contributed by atoms with Crippen LogP contribution in [0.5, 0.6) is 0 Å². The summed E-state index contributed by atoms with van der Waals surface area (Å²) >= 11 is 0. The third-order valence-electron chi connectivity index (χ3n) is 7.73. The molecular formula is C32H45N5O3. The number of aryl methyl sites for hydroxylation is 1. The Balaban J connectivity index is 1.56. The lowest BCUT2D eigenvalue weighted by molar-refractivity contribution is 0.0600. The summed E-state index contributed by atoms with van der Waals surface area (Å²) in [5, 5.41) is 3.51. The number of likely N-dealkylation sites (tertiary alicyclic amines) is 1. The Kier molecular flexibility index (Phi) is 11.0. The standard InChI is InChI=1S/C32H45N5O3/c1-4-6-20-36(21-7-5-2)30(38)27-15-16-28-29(23-27)37(22-10-19-35-17-8-9-18-35)32(34-28)33-24-25-11-13-26(14-12-25)31(39)40-3/h11-16,23H,4-10,17-22,24H2,1-3H3,(H,33,34). The van der Waals surface area contributed by atoms with E-state index in [1.54, 1.807) is 12.1 Å². The van der Waals surface area contributed by atoms with Crippen LogP contribution in [0.3, 0.4) is 0 Å². The first-order valence-corrected chi connectivity index (χ1v) is 15.0. The van der Waals surface area contributed by atoms with Gasteiger partial charge in [0.05, 0.1) is 23.7 Å². The van der Waals surface area contributed by atoms with Gasteiger partial charge >= 0.3 is 5.97 Å². The molecule has 0 spiro atoms. The summed E-state index contributed by atoms with van der Waals surface area (Å²) in [7, 11) is 1.39. The van der Waals surface area contributed by atoms with Crippen molar-refractivity contribution in [1.29, 1.82) is 0 Å². The van der Waals surface area contributed by atoms with Gasteiger partial charge in [-0.25, -0.2) is 9.78 Å². The molecule has 0 saturated carbocycles. The van der Waals surface area contributed by atoms with Crippen molar-refractivity contribution in [3.63, 3.8) is 0 Å². The van der Waals surface area contributed by atoms with E-state index < -0.39 is 0 Å². The summed E-state index contributed by atoms with van der Waals surface area (Å²) < 4.78 is 7.04. The van der Waals surface area contributed by atoms with Crippen LogP contribution in [0.25, 0.3) is 11.0 Å². The fraction of sp³-hybridized carbons (Fsp3) is 0.531. The summed E-state index contributed by atoms with van der Waals surface area (Å²) in [6.45, 7) is 10.7. The number of unbranched alkanes of at least 4 members (excludes halogenated alkanes) is 2. The van der Waals surface area contributed by atoms with Gasteiger partial charge in [-0.3, -0.25) is 4.79 Å². The molecule has 3 aromatic rings. The van der Waals surface area contributed by atoms with E-state index in [4.69, 9.17) is 9.72 Å². The minimum Gasteiger partial charge on any atom is -0.465 e. The van der Waals surface area contributed by atoms with Gasteiger partial charge < -0.3 is 24.4 Å². The van der Waals surface area contributed by atoms with Crippen molar-refractivity contribution in [1.82, 2.24) is 19.4 Å². The molecule has 0 radical (unpaired) electrons. The van der Waals surface area contributed by atoms with Gasteiger partial charge in [-0.2, -0.15) is 0 Å². The second kappa shape index (κ2) is 14.8. The molecule has 1 aromatic heterocycles. The Morgan fingerprint density at radius 3 is 2.25 bits per heavy atom. The predicted molar refractivity (Wildman–Crippen MR) is 161 cm³/mol. The average Bonchev–Trinajstić information content (AvgIpc) is 3.63. The number of carbonyl (C=O) groups is 2. The minimum absolute atomic E-state index is 0.105. The van der Waals surface area contributed by atoms with Crippen LogP contribution in [0, 0.1) is 0 Å². The van der Waals surface area contributed by atoms with Crippen molar-refractivity contribution in [3.05, 3.63) is 59.2 Å². The number of fused-ring (bicyclic) bond motifs is 1.